The number of ether oxygens (including phenoxy) is 1. The van der Waals surface area contributed by atoms with Gasteiger partial charge < -0.3 is 10.1 Å². The maximum atomic E-state index is 5.75. The second kappa shape index (κ2) is 4.63. The van der Waals surface area contributed by atoms with Gasteiger partial charge in [0.15, 0.2) is 0 Å². The second-order valence-corrected chi connectivity index (χ2v) is 5.76. The summed E-state index contributed by atoms with van der Waals surface area (Å²) in [5.74, 6) is 1.35. The molecule has 0 aliphatic carbocycles. The van der Waals surface area contributed by atoms with Crippen molar-refractivity contribution in [3.8, 4) is 0 Å². The first-order chi connectivity index (χ1) is 6.40. The van der Waals surface area contributed by atoms with E-state index in [0.717, 1.165) is 13.2 Å². The molecule has 2 unspecified atom stereocenters. The molecule has 0 bridgehead atoms. The van der Waals surface area contributed by atoms with E-state index >= 15 is 0 Å². The Kier molecular flexibility index (Phi) is 3.96. The van der Waals surface area contributed by atoms with E-state index in [1.165, 1.54) is 6.42 Å². The molecule has 0 aromatic rings. The van der Waals surface area contributed by atoms with E-state index in [0.29, 0.717) is 17.9 Å². The molecule has 1 rings (SSSR count). The van der Waals surface area contributed by atoms with Crippen LogP contribution < -0.4 is 5.32 Å². The summed E-state index contributed by atoms with van der Waals surface area (Å²) in [5.41, 5.74) is 0.226. The zero-order chi connectivity index (χ0) is 10.8. The van der Waals surface area contributed by atoms with Gasteiger partial charge in [-0.2, -0.15) is 0 Å². The summed E-state index contributed by atoms with van der Waals surface area (Å²) in [4.78, 5) is 0. The van der Waals surface area contributed by atoms with Crippen molar-refractivity contribution in [3.05, 3.63) is 0 Å². The minimum atomic E-state index is 0.226. The lowest BCUT2D eigenvalue weighted by Gasteiger charge is -2.27. The van der Waals surface area contributed by atoms with Crippen LogP contribution in [0.4, 0.5) is 0 Å². The summed E-state index contributed by atoms with van der Waals surface area (Å²) >= 11 is 0. The van der Waals surface area contributed by atoms with Crippen molar-refractivity contribution in [2.45, 2.75) is 52.7 Å². The molecule has 2 nitrogen and oxygen atoms in total. The molecule has 0 radical (unpaired) electrons. The molecular formula is C12H25NO. The van der Waals surface area contributed by atoms with Crippen molar-refractivity contribution < 1.29 is 4.74 Å². The summed E-state index contributed by atoms with van der Waals surface area (Å²) in [6.07, 6.45) is 1.68. The fraction of sp³-hybridized carbons (Fsp3) is 1.00. The Balaban J connectivity index is 2.36. The molecule has 1 N–H and O–H groups in total. The Labute approximate surface area is 88.4 Å². The minimum Gasteiger partial charge on any atom is -0.378 e. The van der Waals surface area contributed by atoms with Crippen LogP contribution in [0.25, 0.3) is 0 Å². The number of rotatable bonds is 3. The highest BCUT2D eigenvalue weighted by Gasteiger charge is 2.30. The van der Waals surface area contributed by atoms with Crippen LogP contribution in [0.1, 0.15) is 41.0 Å². The third-order valence-corrected chi connectivity index (χ3v) is 2.82. The topological polar surface area (TPSA) is 21.3 Å². The van der Waals surface area contributed by atoms with E-state index < -0.39 is 0 Å². The lowest BCUT2D eigenvalue weighted by Crippen LogP contribution is -2.41. The molecule has 84 valence electrons. The van der Waals surface area contributed by atoms with Crippen molar-refractivity contribution in [1.82, 2.24) is 5.32 Å². The second-order valence-electron chi connectivity index (χ2n) is 5.76. The summed E-state index contributed by atoms with van der Waals surface area (Å²) < 4.78 is 5.75. The molecular weight excluding hydrogens is 174 g/mol. The van der Waals surface area contributed by atoms with Crippen LogP contribution in [-0.4, -0.2) is 24.8 Å². The van der Waals surface area contributed by atoms with Crippen molar-refractivity contribution in [2.24, 2.45) is 11.8 Å². The molecule has 1 fully saturated rings. The van der Waals surface area contributed by atoms with Crippen LogP contribution in [0.2, 0.25) is 0 Å². The molecule has 0 aromatic heterocycles. The molecule has 0 aromatic carbocycles. The van der Waals surface area contributed by atoms with Gasteiger partial charge in [0.25, 0.3) is 0 Å². The first kappa shape index (κ1) is 12.0. The summed E-state index contributed by atoms with van der Waals surface area (Å²) in [7, 11) is 0. The molecule has 2 atom stereocenters. The third kappa shape index (κ3) is 3.58. The average molecular weight is 199 g/mol. The lowest BCUT2D eigenvalue weighted by molar-refractivity contribution is 0.0527. The predicted molar refractivity (Wildman–Crippen MR) is 60.4 cm³/mol. The number of nitrogens with one attached hydrogen (secondary N) is 1. The molecule has 0 saturated carbocycles. The van der Waals surface area contributed by atoms with Crippen LogP contribution in [-0.2, 0) is 4.74 Å². The highest BCUT2D eigenvalue weighted by molar-refractivity contribution is 4.82. The zero-order valence-electron chi connectivity index (χ0n) is 10.3. The normalized spacial score (nSPS) is 28.7. The van der Waals surface area contributed by atoms with Gasteiger partial charge in [-0.3, -0.25) is 0 Å². The van der Waals surface area contributed by atoms with Crippen LogP contribution in [0.5, 0.6) is 0 Å². The van der Waals surface area contributed by atoms with Crippen LogP contribution in [0, 0.1) is 11.8 Å². The molecule has 0 spiro atoms. The van der Waals surface area contributed by atoms with Gasteiger partial charge in [0, 0.05) is 24.6 Å². The smallest absolute Gasteiger partial charge is 0.0639 e. The average Bonchev–Trinajstić information content (AvgIpc) is 2.46. The maximum absolute atomic E-state index is 5.75. The largest absolute Gasteiger partial charge is 0.378 e. The first-order valence-corrected chi connectivity index (χ1v) is 5.77. The molecule has 1 aliphatic rings. The van der Waals surface area contributed by atoms with Gasteiger partial charge in [0.1, 0.15) is 0 Å². The predicted octanol–water partition coefficient (Wildman–Crippen LogP) is 2.44. The minimum absolute atomic E-state index is 0.226. The van der Waals surface area contributed by atoms with Crippen molar-refractivity contribution in [1.29, 1.82) is 0 Å². The Morgan fingerprint density at radius 2 is 2.00 bits per heavy atom. The SMILES string of the molecule is CC(C)C1OCCC1CNC(C)(C)C. The van der Waals surface area contributed by atoms with E-state index in [1.807, 2.05) is 0 Å². The molecule has 1 aliphatic heterocycles. The monoisotopic (exact) mass is 199 g/mol. The fourth-order valence-electron chi connectivity index (χ4n) is 2.05. The van der Waals surface area contributed by atoms with E-state index in [1.54, 1.807) is 0 Å². The Morgan fingerprint density at radius 3 is 2.50 bits per heavy atom. The lowest BCUT2D eigenvalue weighted by atomic mass is 9.92. The van der Waals surface area contributed by atoms with E-state index in [2.05, 4.69) is 39.9 Å². The zero-order valence-corrected chi connectivity index (χ0v) is 10.3. The van der Waals surface area contributed by atoms with Gasteiger partial charge in [0.2, 0.25) is 0 Å². The third-order valence-electron chi connectivity index (χ3n) is 2.82. The molecule has 1 heterocycles. The maximum Gasteiger partial charge on any atom is 0.0639 e. The Bertz CT molecular complexity index is 172. The highest BCUT2D eigenvalue weighted by Crippen LogP contribution is 2.26. The summed E-state index contributed by atoms with van der Waals surface area (Å²) in [5, 5.41) is 3.57. The van der Waals surface area contributed by atoms with Crippen molar-refractivity contribution in [2.75, 3.05) is 13.2 Å². The van der Waals surface area contributed by atoms with Gasteiger partial charge in [-0.15, -0.1) is 0 Å². The quantitative estimate of drug-likeness (QED) is 0.754. The number of hydrogen-bond donors (Lipinski definition) is 1. The van der Waals surface area contributed by atoms with Crippen LogP contribution in [0.3, 0.4) is 0 Å². The Morgan fingerprint density at radius 1 is 1.36 bits per heavy atom. The van der Waals surface area contributed by atoms with E-state index in [9.17, 15) is 0 Å². The summed E-state index contributed by atoms with van der Waals surface area (Å²) in [6, 6.07) is 0. The van der Waals surface area contributed by atoms with Crippen molar-refractivity contribution >= 4 is 0 Å². The van der Waals surface area contributed by atoms with Crippen LogP contribution >= 0.6 is 0 Å². The molecule has 14 heavy (non-hydrogen) atoms. The van der Waals surface area contributed by atoms with Gasteiger partial charge in [-0.05, 0) is 33.1 Å². The van der Waals surface area contributed by atoms with Gasteiger partial charge >= 0.3 is 0 Å². The standard InChI is InChI=1S/C12H25NO/c1-9(2)11-10(6-7-14-11)8-13-12(3,4)5/h9-11,13H,6-8H2,1-5H3. The van der Waals surface area contributed by atoms with Gasteiger partial charge in [-0.25, -0.2) is 0 Å². The van der Waals surface area contributed by atoms with Gasteiger partial charge in [0.05, 0.1) is 6.10 Å². The van der Waals surface area contributed by atoms with E-state index in [-0.39, 0.29) is 5.54 Å². The van der Waals surface area contributed by atoms with E-state index in [4.69, 9.17) is 4.74 Å². The van der Waals surface area contributed by atoms with Gasteiger partial charge in [-0.1, -0.05) is 13.8 Å². The van der Waals surface area contributed by atoms with Crippen LogP contribution in [0.15, 0.2) is 0 Å². The summed E-state index contributed by atoms with van der Waals surface area (Å²) in [6.45, 7) is 13.2. The number of hydrogen-bond acceptors (Lipinski definition) is 2. The first-order valence-electron chi connectivity index (χ1n) is 5.77. The molecule has 2 heteroatoms. The Hall–Kier alpha value is -0.0800. The molecule has 0 amide bonds. The highest BCUT2D eigenvalue weighted by atomic mass is 16.5. The molecule has 1 saturated heterocycles. The van der Waals surface area contributed by atoms with Crippen molar-refractivity contribution in [3.63, 3.8) is 0 Å². The fourth-order valence-corrected chi connectivity index (χ4v) is 2.05.